The van der Waals surface area contributed by atoms with Gasteiger partial charge in [-0.15, -0.1) is 0 Å². The van der Waals surface area contributed by atoms with Gasteiger partial charge in [0.25, 0.3) is 0 Å². The second-order valence-corrected chi connectivity index (χ2v) is 21.2. The van der Waals surface area contributed by atoms with Crippen molar-refractivity contribution in [1.82, 2.24) is 30.8 Å². The Kier molecular flexibility index (Phi) is 52.5. The second-order valence-electron chi connectivity index (χ2n) is 17.4. The summed E-state index contributed by atoms with van der Waals surface area (Å²) < 4.78 is 65.5. The first-order valence-electron chi connectivity index (χ1n) is 24.9. The molecule has 74 heavy (non-hydrogen) atoms. The minimum Gasteiger partial charge on any atom is -0.462 e. The van der Waals surface area contributed by atoms with E-state index >= 15 is 0 Å². The molecule has 0 saturated heterocycles. The summed E-state index contributed by atoms with van der Waals surface area (Å²) in [6.07, 6.45) is 25.5. The van der Waals surface area contributed by atoms with Gasteiger partial charge in [0.05, 0.1) is 6.61 Å². The highest BCUT2D eigenvalue weighted by atomic mass is 31.2. The van der Waals surface area contributed by atoms with Crippen LogP contribution in [0.5, 0.6) is 0 Å². The molecule has 1 aliphatic carbocycles. The zero-order valence-electron chi connectivity index (χ0n) is 44.4. The van der Waals surface area contributed by atoms with Gasteiger partial charge in [-0.1, -0.05) is 165 Å². The van der Waals surface area contributed by atoms with Crippen molar-refractivity contribution >= 4 is 35.4 Å². The van der Waals surface area contributed by atoms with Crippen LogP contribution in [-0.2, 0) is 50.9 Å². The third-order valence-electron chi connectivity index (χ3n) is 11.1. The lowest BCUT2D eigenvalue weighted by Crippen LogP contribution is -2.65. The van der Waals surface area contributed by atoms with Crippen molar-refractivity contribution in [1.29, 1.82) is 0 Å². The van der Waals surface area contributed by atoms with E-state index in [2.05, 4.69) is 53.3 Å². The van der Waals surface area contributed by atoms with Crippen molar-refractivity contribution in [2.45, 2.75) is 224 Å². The molecule has 0 heterocycles. The molecular weight excluding hydrogens is 1030 g/mol. The molecule has 1 fully saturated rings. The van der Waals surface area contributed by atoms with Crippen molar-refractivity contribution in [3.63, 3.8) is 0 Å². The summed E-state index contributed by atoms with van der Waals surface area (Å²) in [4.78, 5) is 73.3. The Bertz CT molecular complexity index is 1620. The number of unbranched alkanes of at least 4 members (excludes halogenated alkanes) is 18. The maximum atomic E-state index is 13.2. The van der Waals surface area contributed by atoms with E-state index in [0.717, 1.165) is 44.9 Å². The van der Waals surface area contributed by atoms with E-state index in [0.29, 0.717) is 25.7 Å². The number of carbonyl (C=O) groups excluding carboxylic acids is 2. The van der Waals surface area contributed by atoms with Gasteiger partial charge in [0.2, 0.25) is 0 Å². The van der Waals surface area contributed by atoms with Gasteiger partial charge in [-0.3, -0.25) is 27.7 Å². The average molecular weight is 1130 g/mol. The fraction of sp³-hybridized carbons (Fsp3) is 0.787. The molecule has 27 heteroatoms. The van der Waals surface area contributed by atoms with Crippen LogP contribution in [0.4, 0.5) is 0 Å². The third kappa shape index (κ3) is 43.0. The van der Waals surface area contributed by atoms with Gasteiger partial charge in [0.1, 0.15) is 43.2 Å². The van der Waals surface area contributed by atoms with Crippen molar-refractivity contribution in [2.75, 3.05) is 13.2 Å². The number of ether oxygens (including phenoxy) is 2. The molecule has 24 nitrogen and oxygen atoms in total. The predicted octanol–water partition coefficient (Wildman–Crippen LogP) is 10.2. The Morgan fingerprint density at radius 1 is 0.446 bits per heavy atom. The van der Waals surface area contributed by atoms with Crippen LogP contribution in [0.3, 0.4) is 0 Å². The summed E-state index contributed by atoms with van der Waals surface area (Å²) in [6.45, 7) is 2.86. The topological polar surface area (TPSA) is 478 Å². The molecule has 0 aromatic carbocycles. The normalized spacial score (nSPS) is 20.2. The number of aliphatic hydroxyl groups is 3. The molecule has 1 rings (SSSR count). The lowest BCUT2D eigenvalue weighted by Gasteiger charge is -2.44. The van der Waals surface area contributed by atoms with Gasteiger partial charge in [-0.2, -0.15) is 0 Å². The molecular formula is C47H100N5O19P3. The van der Waals surface area contributed by atoms with Gasteiger partial charge < -0.3 is 80.0 Å². The van der Waals surface area contributed by atoms with Crippen LogP contribution in [0.1, 0.15) is 181 Å². The van der Waals surface area contributed by atoms with Crippen LogP contribution in [0.2, 0.25) is 0 Å². The van der Waals surface area contributed by atoms with Crippen LogP contribution in [0.15, 0.2) is 48.6 Å². The van der Waals surface area contributed by atoms with Crippen molar-refractivity contribution < 1.29 is 90.6 Å². The number of phosphoric acid groups is 3. The number of aliphatic hydroxyl groups excluding tert-OH is 3. The van der Waals surface area contributed by atoms with Crippen molar-refractivity contribution in [3.05, 3.63) is 48.6 Å². The highest BCUT2D eigenvalue weighted by Crippen LogP contribution is 2.51. The maximum absolute atomic E-state index is 13.2. The van der Waals surface area contributed by atoms with E-state index in [-0.39, 0.29) is 43.6 Å². The Hall–Kier alpha value is -2.09. The summed E-state index contributed by atoms with van der Waals surface area (Å²) >= 11 is 0. The number of esters is 2. The first-order chi connectivity index (χ1) is 32.8. The molecule has 3 unspecified atom stereocenters. The summed E-state index contributed by atoms with van der Waals surface area (Å²) in [6, 6.07) is 0. The summed E-state index contributed by atoms with van der Waals surface area (Å²) in [7, 11) is -16.6. The van der Waals surface area contributed by atoms with E-state index in [9.17, 15) is 63.1 Å². The first-order valence-corrected chi connectivity index (χ1v) is 29.5. The average Bonchev–Trinajstić information content (AvgIpc) is 3.28. The number of phosphoric ester groups is 3. The third-order valence-corrected chi connectivity index (χ3v) is 13.2. The largest absolute Gasteiger partial charge is 0.472 e. The molecule has 0 aromatic rings. The predicted molar refractivity (Wildman–Crippen MR) is 286 cm³/mol. The molecule has 0 radical (unpaired) electrons. The summed E-state index contributed by atoms with van der Waals surface area (Å²) in [5, 5.41) is 31.9. The van der Waals surface area contributed by atoms with Crippen LogP contribution < -0.4 is 30.8 Å². The smallest absolute Gasteiger partial charge is 0.462 e. The first kappa shape index (κ1) is 80.8. The maximum Gasteiger partial charge on any atom is 0.472 e. The van der Waals surface area contributed by atoms with E-state index in [1.165, 1.54) is 83.5 Å². The number of allylic oxidation sites excluding steroid dienone is 8. The standard InChI is InChI=1S/C47H85O19P3.5H3N/c1-3-5-7-9-11-13-15-17-19-20-22-24-26-28-30-32-34-36-41(49)63-39(37-61-40(48)35-33-31-29-27-25-23-21-18-16-14-12-10-8-6-4-2)38-62-69(59,60)66-47-43(51)45(64-67(53,54)55)42(50)46(44(47)52)65-68(56,57)58;;;;;/h11,13,17,19,22,24,28,30,39,42-47,50-52H,3-10,12,14-16,18,20-21,23,25-27,29,31-38H2,1-2H3,(H,59,60)(H2,53,54,55)(H2,56,57,58);5*1H3/b13-11-,19-17-,24-22-,30-28-;;;;;/t39-,42?,43-,44-,45-,46+,47?;;;;;/m1...../s1. The van der Waals surface area contributed by atoms with E-state index < -0.39 is 91.3 Å². The number of hydrogen-bond acceptors (Lipinski definition) is 19. The van der Waals surface area contributed by atoms with Gasteiger partial charge >= 0.3 is 35.4 Å². The lowest BCUT2D eigenvalue weighted by atomic mass is 9.85. The Labute approximate surface area is 440 Å². The molecule has 8 atom stereocenters. The zero-order chi connectivity index (χ0) is 51.4. The SMILES string of the molecule is CCCCC/C=C\C/C=C\C/C=C\C/C=C\CCCC(=O)O[C@H](COC(=O)CCCCCCCCCCCCCCCCC)COP(=O)(O)OC1[C@H](O)[C@H](OP(=O)(O)O)C(O)[C@H](OP(=O)(O)O)[C@H]1O.N.N.N.N.N. The van der Waals surface area contributed by atoms with Crippen LogP contribution >= 0.6 is 23.5 Å². The van der Waals surface area contributed by atoms with Gasteiger partial charge in [0.15, 0.2) is 6.10 Å². The lowest BCUT2D eigenvalue weighted by molar-refractivity contribution is -0.213. The molecule has 0 amide bonds. The molecule has 0 bridgehead atoms. The molecule has 1 aliphatic rings. The molecule has 1 saturated carbocycles. The molecule has 0 aliphatic heterocycles. The zero-order valence-corrected chi connectivity index (χ0v) is 47.1. The second kappa shape index (κ2) is 48.1. The Morgan fingerprint density at radius 3 is 1.19 bits per heavy atom. The summed E-state index contributed by atoms with van der Waals surface area (Å²) in [5.74, 6) is -1.37. The molecule has 0 aromatic heterocycles. The van der Waals surface area contributed by atoms with Crippen molar-refractivity contribution in [2.24, 2.45) is 0 Å². The highest BCUT2D eigenvalue weighted by Gasteiger charge is 2.56. The Morgan fingerprint density at radius 2 is 0.784 bits per heavy atom. The molecule has 442 valence electrons. The minimum atomic E-state index is -5.56. The van der Waals surface area contributed by atoms with Gasteiger partial charge in [-0.05, 0) is 51.4 Å². The minimum absolute atomic E-state index is 0. The fourth-order valence-corrected chi connectivity index (χ4v) is 9.51. The Balaban J connectivity index is -0.00000317. The van der Waals surface area contributed by atoms with Crippen LogP contribution in [0, 0.1) is 0 Å². The fourth-order valence-electron chi connectivity index (χ4n) is 7.40. The van der Waals surface area contributed by atoms with Crippen LogP contribution in [0.25, 0.3) is 0 Å². The van der Waals surface area contributed by atoms with E-state index in [4.69, 9.17) is 18.5 Å². The quantitative estimate of drug-likeness (QED) is 0.0117. The highest BCUT2D eigenvalue weighted by molar-refractivity contribution is 7.47. The van der Waals surface area contributed by atoms with Crippen molar-refractivity contribution in [3.8, 4) is 0 Å². The number of hydrogen-bond donors (Lipinski definition) is 13. The summed E-state index contributed by atoms with van der Waals surface area (Å²) in [5.41, 5.74) is 0. The molecule has 0 spiro atoms. The van der Waals surface area contributed by atoms with Gasteiger partial charge in [0, 0.05) is 12.8 Å². The number of rotatable bonds is 42. The monoisotopic (exact) mass is 1130 g/mol. The number of carbonyl (C=O) groups is 2. The van der Waals surface area contributed by atoms with E-state index in [1.54, 1.807) is 0 Å². The van der Waals surface area contributed by atoms with E-state index in [1.807, 2.05) is 18.2 Å². The van der Waals surface area contributed by atoms with Gasteiger partial charge in [-0.25, -0.2) is 13.7 Å². The molecule has 23 N–H and O–H groups in total. The van der Waals surface area contributed by atoms with Crippen LogP contribution in [-0.4, -0.2) is 108 Å².